The fourth-order valence-corrected chi connectivity index (χ4v) is 1.65. The summed E-state index contributed by atoms with van der Waals surface area (Å²) in [4.78, 5) is 0. The van der Waals surface area contributed by atoms with Crippen molar-refractivity contribution in [2.45, 2.75) is 6.18 Å². The first-order valence-electron chi connectivity index (χ1n) is 4.63. The van der Waals surface area contributed by atoms with Gasteiger partial charge in [0.25, 0.3) is 0 Å². The molecular weight excluding hydrogens is 283 g/mol. The van der Waals surface area contributed by atoms with Gasteiger partial charge in [0.05, 0.1) is 5.56 Å². The molecule has 0 fully saturated rings. The van der Waals surface area contributed by atoms with Crippen LogP contribution in [0.25, 0.3) is 6.08 Å². The Morgan fingerprint density at radius 2 is 2.06 bits per heavy atom. The monoisotopic (exact) mass is 293 g/mol. The molecule has 5 heteroatoms. The lowest BCUT2D eigenvalue weighted by molar-refractivity contribution is -0.138. The average molecular weight is 294 g/mol. The Kier molecular flexibility index (Phi) is 4.56. The number of halogens is 4. The second-order valence-electron chi connectivity index (χ2n) is 3.20. The van der Waals surface area contributed by atoms with Crippen LogP contribution in [0.5, 0.6) is 0 Å². The highest BCUT2D eigenvalue weighted by Gasteiger charge is 2.32. The summed E-state index contributed by atoms with van der Waals surface area (Å²) < 4.78 is 37.7. The van der Waals surface area contributed by atoms with Gasteiger partial charge >= 0.3 is 6.18 Å². The number of benzene rings is 1. The number of nitrogens with one attached hydrogen (secondary N) is 1. The van der Waals surface area contributed by atoms with Crippen LogP contribution in [0, 0.1) is 0 Å². The van der Waals surface area contributed by atoms with Crippen LogP contribution in [0.1, 0.15) is 11.1 Å². The molecule has 88 valence electrons. The average Bonchev–Trinajstić information content (AvgIpc) is 2.19. The molecular formula is C11H11BrF3N. The van der Waals surface area contributed by atoms with Crippen molar-refractivity contribution >= 4 is 22.0 Å². The molecule has 16 heavy (non-hydrogen) atoms. The zero-order chi connectivity index (χ0) is 12.2. The largest absolute Gasteiger partial charge is 0.417 e. The van der Waals surface area contributed by atoms with Crippen molar-refractivity contribution in [3.8, 4) is 0 Å². The fraction of sp³-hybridized carbons (Fsp3) is 0.273. The van der Waals surface area contributed by atoms with Gasteiger partial charge in [-0.25, -0.2) is 0 Å². The molecule has 0 aliphatic heterocycles. The van der Waals surface area contributed by atoms with Gasteiger partial charge in [-0.2, -0.15) is 13.2 Å². The Hall–Kier alpha value is -0.810. The zero-order valence-corrected chi connectivity index (χ0v) is 10.2. The summed E-state index contributed by atoms with van der Waals surface area (Å²) in [7, 11) is 1.77. The van der Waals surface area contributed by atoms with Gasteiger partial charge in [0.1, 0.15) is 0 Å². The van der Waals surface area contributed by atoms with Crippen LogP contribution in [0.4, 0.5) is 13.2 Å². The highest BCUT2D eigenvalue weighted by molar-refractivity contribution is 9.10. The number of hydrogen-bond donors (Lipinski definition) is 1. The molecule has 0 aliphatic carbocycles. The van der Waals surface area contributed by atoms with Crippen molar-refractivity contribution in [1.29, 1.82) is 0 Å². The first kappa shape index (κ1) is 13.3. The highest BCUT2D eigenvalue weighted by Crippen LogP contribution is 2.35. The Morgan fingerprint density at radius 1 is 1.38 bits per heavy atom. The van der Waals surface area contributed by atoms with E-state index in [1.807, 2.05) is 0 Å². The van der Waals surface area contributed by atoms with E-state index in [1.165, 1.54) is 6.07 Å². The molecule has 1 nitrogen and oxygen atoms in total. The van der Waals surface area contributed by atoms with Crippen molar-refractivity contribution in [3.63, 3.8) is 0 Å². The van der Waals surface area contributed by atoms with Crippen molar-refractivity contribution in [3.05, 3.63) is 39.9 Å². The van der Waals surface area contributed by atoms with Gasteiger partial charge < -0.3 is 5.32 Å². The molecule has 0 atom stereocenters. The van der Waals surface area contributed by atoms with Crippen LogP contribution in [-0.2, 0) is 6.18 Å². The Balaban J connectivity index is 2.99. The first-order chi connectivity index (χ1) is 7.45. The minimum Gasteiger partial charge on any atom is -0.316 e. The number of hydrogen-bond acceptors (Lipinski definition) is 1. The maximum absolute atomic E-state index is 12.6. The van der Waals surface area contributed by atoms with Gasteiger partial charge in [0.15, 0.2) is 0 Å². The molecule has 0 unspecified atom stereocenters. The molecule has 0 aliphatic rings. The molecule has 0 saturated heterocycles. The van der Waals surface area contributed by atoms with Crippen LogP contribution in [0.15, 0.2) is 28.7 Å². The topological polar surface area (TPSA) is 12.0 Å². The Bertz CT molecular complexity index is 385. The summed E-state index contributed by atoms with van der Waals surface area (Å²) in [6, 6.07) is 4.16. The van der Waals surface area contributed by atoms with Gasteiger partial charge in [-0.3, -0.25) is 0 Å². The van der Waals surface area contributed by atoms with Gasteiger partial charge in [-0.15, -0.1) is 0 Å². The van der Waals surface area contributed by atoms with E-state index < -0.39 is 11.7 Å². The molecule has 1 N–H and O–H groups in total. The van der Waals surface area contributed by atoms with Crippen molar-refractivity contribution < 1.29 is 13.2 Å². The summed E-state index contributed by atoms with van der Waals surface area (Å²) in [5.74, 6) is 0. The van der Waals surface area contributed by atoms with Crippen molar-refractivity contribution in [2.24, 2.45) is 0 Å². The van der Waals surface area contributed by atoms with E-state index in [1.54, 1.807) is 25.3 Å². The predicted octanol–water partition coefficient (Wildman–Crippen LogP) is 3.70. The SMILES string of the molecule is CNCC=Cc1ccc(Br)c(C(F)(F)F)c1. The minimum absolute atomic E-state index is 0.0609. The van der Waals surface area contributed by atoms with Gasteiger partial charge in [-0.1, -0.05) is 34.1 Å². The summed E-state index contributed by atoms with van der Waals surface area (Å²) in [5, 5.41) is 2.88. The van der Waals surface area contributed by atoms with E-state index >= 15 is 0 Å². The van der Waals surface area contributed by atoms with E-state index in [0.29, 0.717) is 12.1 Å². The predicted molar refractivity (Wildman–Crippen MR) is 62.1 cm³/mol. The van der Waals surface area contributed by atoms with Crippen LogP contribution in [0.3, 0.4) is 0 Å². The van der Waals surface area contributed by atoms with Gasteiger partial charge in [0, 0.05) is 11.0 Å². The van der Waals surface area contributed by atoms with E-state index in [9.17, 15) is 13.2 Å². The molecule has 1 aromatic rings. The lowest BCUT2D eigenvalue weighted by atomic mass is 10.1. The molecule has 0 aromatic heterocycles. The second kappa shape index (κ2) is 5.50. The van der Waals surface area contributed by atoms with Gasteiger partial charge in [0.2, 0.25) is 0 Å². The van der Waals surface area contributed by atoms with E-state index in [0.717, 1.165) is 6.07 Å². The maximum Gasteiger partial charge on any atom is 0.417 e. The van der Waals surface area contributed by atoms with Crippen LogP contribution in [-0.4, -0.2) is 13.6 Å². The molecule has 0 bridgehead atoms. The van der Waals surface area contributed by atoms with E-state index in [4.69, 9.17) is 0 Å². The second-order valence-corrected chi connectivity index (χ2v) is 4.05. The van der Waals surface area contributed by atoms with Crippen LogP contribution in [0.2, 0.25) is 0 Å². The van der Waals surface area contributed by atoms with Crippen LogP contribution < -0.4 is 5.32 Å². The first-order valence-corrected chi connectivity index (χ1v) is 5.42. The van der Waals surface area contributed by atoms with E-state index in [2.05, 4.69) is 21.2 Å². The third kappa shape index (κ3) is 3.64. The van der Waals surface area contributed by atoms with Crippen molar-refractivity contribution in [1.82, 2.24) is 5.32 Å². The lowest BCUT2D eigenvalue weighted by Gasteiger charge is -2.09. The third-order valence-corrected chi connectivity index (χ3v) is 2.62. The molecule has 0 heterocycles. The summed E-state index contributed by atoms with van der Waals surface area (Å²) in [6.45, 7) is 0.622. The van der Waals surface area contributed by atoms with Crippen LogP contribution >= 0.6 is 15.9 Å². The molecule has 0 amide bonds. The number of rotatable bonds is 3. The smallest absolute Gasteiger partial charge is 0.316 e. The fourth-order valence-electron chi connectivity index (χ4n) is 1.18. The summed E-state index contributed by atoms with van der Waals surface area (Å²) >= 11 is 2.89. The molecule has 1 aromatic carbocycles. The Morgan fingerprint density at radius 3 is 2.62 bits per heavy atom. The van der Waals surface area contributed by atoms with Gasteiger partial charge in [-0.05, 0) is 24.7 Å². The number of likely N-dealkylation sites (N-methyl/N-ethyl adjacent to an activating group) is 1. The summed E-state index contributed by atoms with van der Waals surface area (Å²) in [5.41, 5.74) is -0.120. The zero-order valence-electron chi connectivity index (χ0n) is 8.61. The number of alkyl halides is 3. The van der Waals surface area contributed by atoms with E-state index in [-0.39, 0.29) is 4.47 Å². The third-order valence-electron chi connectivity index (χ3n) is 1.93. The molecule has 0 spiro atoms. The maximum atomic E-state index is 12.6. The normalized spacial score (nSPS) is 12.3. The molecule has 0 radical (unpaired) electrons. The molecule has 0 saturated carbocycles. The summed E-state index contributed by atoms with van der Waals surface area (Å²) in [6.07, 6.45) is -0.909. The minimum atomic E-state index is -4.33. The lowest BCUT2D eigenvalue weighted by Crippen LogP contribution is -2.06. The highest BCUT2D eigenvalue weighted by atomic mass is 79.9. The quantitative estimate of drug-likeness (QED) is 0.896. The standard InChI is InChI=1S/C11H11BrF3N/c1-16-6-2-3-8-4-5-10(12)9(7-8)11(13,14)15/h2-5,7,16H,6H2,1H3. The Labute approximate surface area is 100 Å². The molecule has 1 rings (SSSR count). The van der Waals surface area contributed by atoms with Crippen molar-refractivity contribution in [2.75, 3.05) is 13.6 Å².